The van der Waals surface area contributed by atoms with Crippen LogP contribution in [0.2, 0.25) is 0 Å². The fraction of sp³-hybridized carbons (Fsp3) is 0.389. The molecule has 2 aliphatic heterocycles. The number of nitro groups is 1. The number of fused-ring (bicyclic) bond motifs is 2. The van der Waals surface area contributed by atoms with Crippen LogP contribution in [0.25, 0.3) is 11.3 Å². The van der Waals surface area contributed by atoms with E-state index in [1.165, 1.54) is 44.0 Å². The lowest BCUT2D eigenvalue weighted by Gasteiger charge is -2.34. The van der Waals surface area contributed by atoms with Gasteiger partial charge in [0, 0.05) is 35.9 Å². The lowest BCUT2D eigenvalue weighted by molar-refractivity contribution is -0.384. The molecule has 2 unspecified atom stereocenters. The third kappa shape index (κ3) is 2.51. The van der Waals surface area contributed by atoms with Gasteiger partial charge in [0.2, 0.25) is 0 Å². The molecule has 2 saturated heterocycles. The molecular weight excluding hydrogens is 290 g/mol. The zero-order chi connectivity index (χ0) is 15.9. The van der Waals surface area contributed by atoms with Crippen molar-refractivity contribution in [2.24, 2.45) is 0 Å². The summed E-state index contributed by atoms with van der Waals surface area (Å²) in [5.74, 6) is 0. The highest BCUT2D eigenvalue weighted by Crippen LogP contribution is 2.42. The molecule has 2 bridgehead atoms. The Kier molecular flexibility index (Phi) is 3.38. The molecule has 118 valence electrons. The second-order valence-electron chi connectivity index (χ2n) is 6.65. The van der Waals surface area contributed by atoms with Gasteiger partial charge in [-0.15, -0.1) is 0 Å². The summed E-state index contributed by atoms with van der Waals surface area (Å²) in [6.45, 7) is 3.55. The van der Waals surface area contributed by atoms with E-state index in [0.29, 0.717) is 0 Å². The van der Waals surface area contributed by atoms with Crippen molar-refractivity contribution in [2.45, 2.75) is 24.7 Å². The minimum absolute atomic E-state index is 0.102. The van der Waals surface area contributed by atoms with Gasteiger partial charge in [-0.3, -0.25) is 15.1 Å². The molecule has 2 aliphatic rings. The molecule has 0 N–H and O–H groups in total. The Morgan fingerprint density at radius 1 is 1.17 bits per heavy atom. The van der Waals surface area contributed by atoms with Crippen molar-refractivity contribution in [1.29, 1.82) is 0 Å². The SMILES string of the molecule is O=[N+]([O-])c1cccc(-c2ccc(C34CCCN(CC3)C4)cn2)c1. The summed E-state index contributed by atoms with van der Waals surface area (Å²) in [5.41, 5.74) is 3.27. The summed E-state index contributed by atoms with van der Waals surface area (Å²) in [7, 11) is 0. The first-order valence-electron chi connectivity index (χ1n) is 8.10. The molecule has 2 fully saturated rings. The van der Waals surface area contributed by atoms with Gasteiger partial charge < -0.3 is 4.90 Å². The van der Waals surface area contributed by atoms with E-state index in [4.69, 9.17) is 0 Å². The molecule has 3 heterocycles. The third-order valence-corrected chi connectivity index (χ3v) is 5.29. The van der Waals surface area contributed by atoms with Crippen LogP contribution < -0.4 is 0 Å². The molecule has 2 atom stereocenters. The average molecular weight is 309 g/mol. The molecule has 0 saturated carbocycles. The molecule has 0 radical (unpaired) electrons. The van der Waals surface area contributed by atoms with Crippen LogP contribution in [0.5, 0.6) is 0 Å². The van der Waals surface area contributed by atoms with Crippen LogP contribution in [0.1, 0.15) is 24.8 Å². The Hall–Kier alpha value is -2.27. The number of hydrogen-bond acceptors (Lipinski definition) is 4. The van der Waals surface area contributed by atoms with E-state index < -0.39 is 0 Å². The number of nitro benzene ring substituents is 1. The highest BCUT2D eigenvalue weighted by Gasteiger charge is 2.42. The molecule has 2 aromatic rings. The number of rotatable bonds is 3. The van der Waals surface area contributed by atoms with Crippen molar-refractivity contribution >= 4 is 5.69 Å². The Labute approximate surface area is 135 Å². The van der Waals surface area contributed by atoms with Gasteiger partial charge in [0.15, 0.2) is 0 Å². The van der Waals surface area contributed by atoms with Gasteiger partial charge in [0.05, 0.1) is 10.6 Å². The Bertz CT molecular complexity index is 740. The molecule has 4 rings (SSSR count). The highest BCUT2D eigenvalue weighted by atomic mass is 16.6. The molecule has 0 aliphatic carbocycles. The first-order chi connectivity index (χ1) is 11.2. The number of aromatic nitrogens is 1. The van der Waals surface area contributed by atoms with Crippen molar-refractivity contribution < 1.29 is 4.92 Å². The summed E-state index contributed by atoms with van der Waals surface area (Å²) in [5, 5.41) is 10.9. The molecule has 1 aromatic heterocycles. The number of hydrogen-bond donors (Lipinski definition) is 0. The molecule has 1 aromatic carbocycles. The molecule has 23 heavy (non-hydrogen) atoms. The minimum Gasteiger partial charge on any atom is -0.302 e. The Morgan fingerprint density at radius 2 is 2.09 bits per heavy atom. The number of non-ortho nitro benzene ring substituents is 1. The van der Waals surface area contributed by atoms with Crippen molar-refractivity contribution in [3.05, 3.63) is 58.3 Å². The van der Waals surface area contributed by atoms with Gasteiger partial charge in [-0.05, 0) is 44.0 Å². The van der Waals surface area contributed by atoms with Crippen molar-refractivity contribution in [3.63, 3.8) is 0 Å². The van der Waals surface area contributed by atoms with Crippen LogP contribution in [0, 0.1) is 10.1 Å². The van der Waals surface area contributed by atoms with Gasteiger partial charge in [0.1, 0.15) is 0 Å². The maximum Gasteiger partial charge on any atom is 0.270 e. The normalized spacial score (nSPS) is 26.2. The van der Waals surface area contributed by atoms with E-state index in [1.807, 2.05) is 18.3 Å². The lowest BCUT2D eigenvalue weighted by atomic mass is 9.75. The summed E-state index contributed by atoms with van der Waals surface area (Å²) in [6, 6.07) is 10.8. The maximum absolute atomic E-state index is 10.9. The minimum atomic E-state index is -0.369. The maximum atomic E-state index is 10.9. The lowest BCUT2D eigenvalue weighted by Crippen LogP contribution is -2.36. The van der Waals surface area contributed by atoms with E-state index in [9.17, 15) is 10.1 Å². The largest absolute Gasteiger partial charge is 0.302 e. The molecular formula is C18H19N3O2. The summed E-state index contributed by atoms with van der Waals surface area (Å²) in [6.07, 6.45) is 5.68. The van der Waals surface area contributed by atoms with Gasteiger partial charge >= 0.3 is 0 Å². The van der Waals surface area contributed by atoms with Gasteiger partial charge in [-0.1, -0.05) is 18.2 Å². The molecule has 0 amide bonds. The van der Waals surface area contributed by atoms with E-state index in [-0.39, 0.29) is 16.0 Å². The van der Waals surface area contributed by atoms with E-state index in [2.05, 4.69) is 16.0 Å². The number of piperidine rings is 1. The summed E-state index contributed by atoms with van der Waals surface area (Å²) < 4.78 is 0. The van der Waals surface area contributed by atoms with Crippen molar-refractivity contribution in [1.82, 2.24) is 9.88 Å². The van der Waals surface area contributed by atoms with Gasteiger partial charge in [0.25, 0.3) is 5.69 Å². The average Bonchev–Trinajstić information content (AvgIpc) is 2.90. The third-order valence-electron chi connectivity index (χ3n) is 5.29. The molecule has 5 nitrogen and oxygen atoms in total. The first-order valence-corrected chi connectivity index (χ1v) is 8.10. The van der Waals surface area contributed by atoms with Crippen LogP contribution in [-0.4, -0.2) is 34.4 Å². The summed E-state index contributed by atoms with van der Waals surface area (Å²) >= 11 is 0. The van der Waals surface area contributed by atoms with Crippen molar-refractivity contribution in [3.8, 4) is 11.3 Å². The Morgan fingerprint density at radius 3 is 2.87 bits per heavy atom. The van der Waals surface area contributed by atoms with Crippen molar-refractivity contribution in [2.75, 3.05) is 19.6 Å². The second kappa shape index (κ2) is 5.42. The second-order valence-corrected chi connectivity index (χ2v) is 6.65. The topological polar surface area (TPSA) is 59.3 Å². The van der Waals surface area contributed by atoms with Gasteiger partial charge in [-0.2, -0.15) is 0 Å². The number of nitrogens with zero attached hydrogens (tertiary/aromatic N) is 3. The first kappa shape index (κ1) is 14.3. The molecule has 0 spiro atoms. The Balaban J connectivity index is 1.64. The predicted molar refractivity (Wildman–Crippen MR) is 88.3 cm³/mol. The zero-order valence-electron chi connectivity index (χ0n) is 12.9. The monoisotopic (exact) mass is 309 g/mol. The van der Waals surface area contributed by atoms with Crippen LogP contribution in [0.15, 0.2) is 42.6 Å². The molecule has 5 heteroatoms. The van der Waals surface area contributed by atoms with E-state index in [1.54, 1.807) is 12.1 Å². The van der Waals surface area contributed by atoms with E-state index in [0.717, 1.165) is 17.8 Å². The van der Waals surface area contributed by atoms with Crippen LogP contribution in [0.4, 0.5) is 5.69 Å². The zero-order valence-corrected chi connectivity index (χ0v) is 12.9. The summed E-state index contributed by atoms with van der Waals surface area (Å²) in [4.78, 5) is 17.7. The predicted octanol–water partition coefficient (Wildman–Crippen LogP) is 3.39. The highest BCUT2D eigenvalue weighted by molar-refractivity contribution is 5.62. The fourth-order valence-electron chi connectivity index (χ4n) is 4.03. The standard InChI is InChI=1S/C18H19N3O2/c22-21(23)16-4-1-3-14(11-16)17-6-5-15(12-19-17)18-7-2-9-20(13-18)10-8-18/h1,3-6,11-12H,2,7-10,13H2. The fourth-order valence-corrected chi connectivity index (χ4v) is 4.03. The quantitative estimate of drug-likeness (QED) is 0.644. The van der Waals surface area contributed by atoms with E-state index >= 15 is 0 Å². The smallest absolute Gasteiger partial charge is 0.270 e. The van der Waals surface area contributed by atoms with Gasteiger partial charge in [-0.25, -0.2) is 0 Å². The number of pyridine rings is 1. The van der Waals surface area contributed by atoms with Crippen LogP contribution in [0.3, 0.4) is 0 Å². The number of benzene rings is 1. The van der Waals surface area contributed by atoms with Crippen LogP contribution in [-0.2, 0) is 5.41 Å². The van der Waals surface area contributed by atoms with Crippen LogP contribution >= 0.6 is 0 Å².